The Bertz CT molecular complexity index is 240. The lowest BCUT2D eigenvalue weighted by Crippen LogP contribution is -2.51. The quantitative estimate of drug-likeness (QED) is 0.735. The first-order valence-electron chi connectivity index (χ1n) is 6.06. The van der Waals surface area contributed by atoms with Crippen LogP contribution in [0.15, 0.2) is 0 Å². The van der Waals surface area contributed by atoms with Crippen molar-refractivity contribution in [2.45, 2.75) is 51.2 Å². The van der Waals surface area contributed by atoms with Gasteiger partial charge in [-0.3, -0.25) is 4.90 Å². The molecule has 1 rings (SSSR count). The lowest BCUT2D eigenvalue weighted by atomic mass is 9.97. The molecule has 1 heterocycles. The number of ether oxygens (including phenoxy) is 1. The summed E-state index contributed by atoms with van der Waals surface area (Å²) in [6.07, 6.45) is 4.62. The average Bonchev–Trinajstić information content (AvgIpc) is 2.28. The Labute approximate surface area is 97.6 Å². The molecule has 0 bridgehead atoms. The van der Waals surface area contributed by atoms with Crippen LogP contribution in [-0.2, 0) is 9.53 Å². The molecule has 0 saturated carbocycles. The first kappa shape index (κ1) is 13.5. The summed E-state index contributed by atoms with van der Waals surface area (Å²) in [5.41, 5.74) is -1.39. The van der Waals surface area contributed by atoms with Gasteiger partial charge in [-0.1, -0.05) is 13.3 Å². The zero-order valence-corrected chi connectivity index (χ0v) is 10.5. The predicted molar refractivity (Wildman–Crippen MR) is 62.1 cm³/mol. The topological polar surface area (TPSA) is 49.8 Å². The Kier molecular flexibility index (Phi) is 4.74. The van der Waals surface area contributed by atoms with Gasteiger partial charge in [0, 0.05) is 12.6 Å². The van der Waals surface area contributed by atoms with Crippen LogP contribution in [0.25, 0.3) is 0 Å². The second-order valence-electron chi connectivity index (χ2n) is 4.79. The molecular weight excluding hydrogens is 206 g/mol. The molecule has 1 fully saturated rings. The van der Waals surface area contributed by atoms with E-state index in [1.807, 2.05) is 0 Å². The molecule has 1 aliphatic rings. The number of hydrogen-bond acceptors (Lipinski definition) is 4. The Morgan fingerprint density at radius 1 is 1.56 bits per heavy atom. The fourth-order valence-corrected chi connectivity index (χ4v) is 2.41. The van der Waals surface area contributed by atoms with E-state index in [4.69, 9.17) is 0 Å². The number of hydrogen-bond donors (Lipinski definition) is 1. The number of likely N-dealkylation sites (tertiary alicyclic amines) is 1. The zero-order chi connectivity index (χ0) is 12.2. The monoisotopic (exact) mass is 229 g/mol. The minimum Gasteiger partial charge on any atom is -0.467 e. The number of aliphatic hydroxyl groups is 1. The summed E-state index contributed by atoms with van der Waals surface area (Å²) in [7, 11) is 1.31. The van der Waals surface area contributed by atoms with Crippen molar-refractivity contribution in [3.63, 3.8) is 0 Å². The fraction of sp³-hybridized carbons (Fsp3) is 0.917. The zero-order valence-electron chi connectivity index (χ0n) is 10.5. The highest BCUT2D eigenvalue weighted by Crippen LogP contribution is 2.22. The summed E-state index contributed by atoms with van der Waals surface area (Å²) in [6, 6.07) is 0.491. The van der Waals surface area contributed by atoms with Gasteiger partial charge in [-0.2, -0.15) is 0 Å². The second-order valence-corrected chi connectivity index (χ2v) is 4.79. The molecule has 0 radical (unpaired) electrons. The first-order valence-corrected chi connectivity index (χ1v) is 6.06. The van der Waals surface area contributed by atoms with E-state index < -0.39 is 11.6 Å². The minimum atomic E-state index is -1.39. The van der Waals surface area contributed by atoms with Crippen molar-refractivity contribution < 1.29 is 14.6 Å². The lowest BCUT2D eigenvalue weighted by Gasteiger charge is -2.38. The Morgan fingerprint density at radius 3 is 2.81 bits per heavy atom. The van der Waals surface area contributed by atoms with Gasteiger partial charge in [-0.15, -0.1) is 0 Å². The van der Waals surface area contributed by atoms with E-state index in [9.17, 15) is 9.90 Å². The molecule has 2 unspecified atom stereocenters. The van der Waals surface area contributed by atoms with E-state index >= 15 is 0 Å². The molecule has 1 N–H and O–H groups in total. The molecule has 4 nitrogen and oxygen atoms in total. The molecule has 0 spiro atoms. The molecule has 0 aromatic carbocycles. The molecule has 16 heavy (non-hydrogen) atoms. The van der Waals surface area contributed by atoms with Crippen LogP contribution < -0.4 is 0 Å². The van der Waals surface area contributed by atoms with Crippen LogP contribution in [0.1, 0.15) is 39.5 Å². The molecule has 0 aromatic heterocycles. The number of esters is 1. The summed E-state index contributed by atoms with van der Waals surface area (Å²) in [5.74, 6) is -0.548. The fourth-order valence-electron chi connectivity index (χ4n) is 2.41. The maximum Gasteiger partial charge on any atom is 0.338 e. The number of nitrogens with zero attached hydrogens (tertiary/aromatic N) is 1. The number of β-amino-alcohol motifs (C(OH)–C–C–N with tert-alkyl or cyclic N) is 1. The van der Waals surface area contributed by atoms with Gasteiger partial charge in [0.05, 0.1) is 7.11 Å². The minimum absolute atomic E-state index is 0.373. The van der Waals surface area contributed by atoms with Crippen LogP contribution in [0.2, 0.25) is 0 Å². The lowest BCUT2D eigenvalue weighted by molar-refractivity contribution is -0.163. The van der Waals surface area contributed by atoms with Crippen molar-refractivity contribution in [2.24, 2.45) is 0 Å². The van der Waals surface area contributed by atoms with Crippen molar-refractivity contribution in [2.75, 3.05) is 20.2 Å². The van der Waals surface area contributed by atoms with E-state index in [0.717, 1.165) is 25.8 Å². The number of piperidine rings is 1. The van der Waals surface area contributed by atoms with Gasteiger partial charge in [0.2, 0.25) is 0 Å². The molecule has 0 aliphatic carbocycles. The molecule has 0 amide bonds. The van der Waals surface area contributed by atoms with E-state index in [1.165, 1.54) is 20.5 Å². The summed E-state index contributed by atoms with van der Waals surface area (Å²) in [6.45, 7) is 5.01. The standard InChI is InChI=1S/C12H23NO3/c1-4-10-7-5-6-8-13(10)9-12(2,15)11(14)16-3/h10,15H,4-9H2,1-3H3. The van der Waals surface area contributed by atoms with Gasteiger partial charge in [-0.25, -0.2) is 4.79 Å². The molecular formula is C12H23NO3. The van der Waals surface area contributed by atoms with Gasteiger partial charge in [0.1, 0.15) is 0 Å². The number of carbonyl (C=O) groups excluding carboxylic acids is 1. The van der Waals surface area contributed by atoms with Gasteiger partial charge in [-0.05, 0) is 32.7 Å². The van der Waals surface area contributed by atoms with E-state index in [0.29, 0.717) is 12.6 Å². The first-order chi connectivity index (χ1) is 7.51. The van der Waals surface area contributed by atoms with Crippen LogP contribution in [0, 0.1) is 0 Å². The Hall–Kier alpha value is -0.610. The van der Waals surface area contributed by atoms with Gasteiger partial charge in [0.25, 0.3) is 0 Å². The van der Waals surface area contributed by atoms with Crippen molar-refractivity contribution in [3.05, 3.63) is 0 Å². The molecule has 2 atom stereocenters. The van der Waals surface area contributed by atoms with Crippen LogP contribution >= 0.6 is 0 Å². The highest BCUT2D eigenvalue weighted by atomic mass is 16.5. The SMILES string of the molecule is CCC1CCCCN1CC(C)(O)C(=O)OC. The molecule has 0 aromatic rings. The largest absolute Gasteiger partial charge is 0.467 e. The van der Waals surface area contributed by atoms with E-state index in [2.05, 4.69) is 16.6 Å². The van der Waals surface area contributed by atoms with Crippen molar-refractivity contribution in [1.29, 1.82) is 0 Å². The van der Waals surface area contributed by atoms with Crippen molar-refractivity contribution in [3.8, 4) is 0 Å². The van der Waals surface area contributed by atoms with Gasteiger partial charge in [0.15, 0.2) is 5.60 Å². The van der Waals surface area contributed by atoms with Crippen molar-refractivity contribution >= 4 is 5.97 Å². The highest BCUT2D eigenvalue weighted by Gasteiger charge is 2.36. The summed E-state index contributed by atoms with van der Waals surface area (Å²) in [5, 5.41) is 10.0. The highest BCUT2D eigenvalue weighted by molar-refractivity contribution is 5.78. The van der Waals surface area contributed by atoms with E-state index in [1.54, 1.807) is 0 Å². The average molecular weight is 229 g/mol. The van der Waals surface area contributed by atoms with Crippen LogP contribution in [0.3, 0.4) is 0 Å². The number of carbonyl (C=O) groups is 1. The predicted octanol–water partition coefficient (Wildman–Crippen LogP) is 1.17. The second kappa shape index (κ2) is 5.64. The molecule has 94 valence electrons. The van der Waals surface area contributed by atoms with Gasteiger partial charge < -0.3 is 9.84 Å². The van der Waals surface area contributed by atoms with Crippen molar-refractivity contribution in [1.82, 2.24) is 4.90 Å². The maximum atomic E-state index is 11.4. The third kappa shape index (κ3) is 3.19. The Balaban J connectivity index is 2.60. The number of rotatable bonds is 4. The summed E-state index contributed by atoms with van der Waals surface area (Å²) >= 11 is 0. The Morgan fingerprint density at radius 2 is 2.25 bits per heavy atom. The third-order valence-corrected chi connectivity index (χ3v) is 3.36. The smallest absolute Gasteiger partial charge is 0.338 e. The molecule has 4 heteroatoms. The number of methoxy groups -OCH3 is 1. The van der Waals surface area contributed by atoms with Crippen LogP contribution in [0.5, 0.6) is 0 Å². The third-order valence-electron chi connectivity index (χ3n) is 3.36. The summed E-state index contributed by atoms with van der Waals surface area (Å²) < 4.78 is 4.61. The van der Waals surface area contributed by atoms with Gasteiger partial charge >= 0.3 is 5.97 Å². The molecule has 1 saturated heterocycles. The van der Waals surface area contributed by atoms with Crippen LogP contribution in [-0.4, -0.2) is 47.8 Å². The molecule has 1 aliphatic heterocycles. The normalized spacial score (nSPS) is 26.1. The summed E-state index contributed by atoms with van der Waals surface area (Å²) in [4.78, 5) is 13.6. The van der Waals surface area contributed by atoms with Crippen LogP contribution in [0.4, 0.5) is 0 Å². The maximum absolute atomic E-state index is 11.4. The van der Waals surface area contributed by atoms with E-state index in [-0.39, 0.29) is 0 Å².